The van der Waals surface area contributed by atoms with Gasteiger partial charge in [0.15, 0.2) is 0 Å². The lowest BCUT2D eigenvalue weighted by atomic mass is 9.91. The number of carbonyl (C=O) groups is 2. The van der Waals surface area contributed by atoms with Gasteiger partial charge in [0.25, 0.3) is 0 Å². The lowest BCUT2D eigenvalue weighted by Gasteiger charge is -2.18. The molecule has 0 bridgehead atoms. The minimum absolute atomic E-state index is 0.0825. The fraction of sp³-hybridized carbons (Fsp3) is 0.583. The van der Waals surface area contributed by atoms with E-state index in [4.69, 9.17) is 4.74 Å². The van der Waals surface area contributed by atoms with Crippen LogP contribution < -0.4 is 0 Å². The third-order valence-corrected chi connectivity index (χ3v) is 6.61. The van der Waals surface area contributed by atoms with Crippen LogP contribution in [-0.4, -0.2) is 59.9 Å². The van der Waals surface area contributed by atoms with Crippen molar-refractivity contribution in [2.75, 3.05) is 25.7 Å². The van der Waals surface area contributed by atoms with Gasteiger partial charge in [0.05, 0.1) is 25.9 Å². The van der Waals surface area contributed by atoms with Gasteiger partial charge in [0.2, 0.25) is 0 Å². The molecular weight excluding hydrogens is 416 g/mol. The van der Waals surface area contributed by atoms with Crippen molar-refractivity contribution in [2.24, 2.45) is 11.8 Å². The second kappa shape index (κ2) is 13.7. The Morgan fingerprint density at radius 3 is 2.81 bits per heavy atom. The molecular formula is C24H34O6S. The van der Waals surface area contributed by atoms with Crippen molar-refractivity contribution in [1.82, 2.24) is 0 Å². The average molecular weight is 451 g/mol. The number of Topliss-reactive ketones (excluding diaryl/α,β-unsaturated/α-hetero) is 1. The number of aliphatic hydroxyl groups is 2. The number of methoxy groups -OCH3 is 2. The molecule has 0 radical (unpaired) electrons. The van der Waals surface area contributed by atoms with Gasteiger partial charge in [-0.05, 0) is 35.5 Å². The number of ether oxygens (including phenoxy) is 2. The van der Waals surface area contributed by atoms with E-state index in [1.165, 1.54) is 7.11 Å². The van der Waals surface area contributed by atoms with E-state index in [0.29, 0.717) is 25.9 Å². The minimum Gasteiger partial charge on any atom is -0.469 e. The fourth-order valence-corrected chi connectivity index (χ4v) is 4.88. The van der Waals surface area contributed by atoms with Gasteiger partial charge in [0, 0.05) is 38.2 Å². The summed E-state index contributed by atoms with van der Waals surface area (Å²) in [6.45, 7) is 0.526. The van der Waals surface area contributed by atoms with Crippen molar-refractivity contribution >= 4 is 23.5 Å². The van der Waals surface area contributed by atoms with Gasteiger partial charge in [-0.25, -0.2) is 0 Å². The molecule has 1 aromatic rings. The van der Waals surface area contributed by atoms with Crippen LogP contribution in [0.1, 0.15) is 36.8 Å². The predicted octanol–water partition coefficient (Wildman–Crippen LogP) is 2.94. The zero-order valence-corrected chi connectivity index (χ0v) is 19.2. The van der Waals surface area contributed by atoms with Crippen molar-refractivity contribution < 1.29 is 29.3 Å². The van der Waals surface area contributed by atoms with Gasteiger partial charge >= 0.3 is 5.97 Å². The maximum absolute atomic E-state index is 12.3. The number of esters is 1. The summed E-state index contributed by atoms with van der Waals surface area (Å²) in [5, 5.41) is 20.8. The van der Waals surface area contributed by atoms with Crippen LogP contribution in [0.3, 0.4) is 0 Å². The summed E-state index contributed by atoms with van der Waals surface area (Å²) in [5.74, 6) is 1.01. The Balaban J connectivity index is 1.83. The first-order valence-electron chi connectivity index (χ1n) is 10.7. The molecule has 1 fully saturated rings. The highest BCUT2D eigenvalue weighted by atomic mass is 32.2. The lowest BCUT2D eigenvalue weighted by molar-refractivity contribution is -0.140. The number of carbonyl (C=O) groups excluding carboxylic acids is 2. The van der Waals surface area contributed by atoms with Crippen molar-refractivity contribution in [2.45, 2.75) is 50.9 Å². The van der Waals surface area contributed by atoms with Crippen LogP contribution >= 0.6 is 11.8 Å². The van der Waals surface area contributed by atoms with Gasteiger partial charge < -0.3 is 19.7 Å². The zero-order chi connectivity index (χ0) is 22.6. The highest BCUT2D eigenvalue weighted by Crippen LogP contribution is 2.34. The molecule has 0 aromatic heterocycles. The molecule has 1 aromatic carbocycles. The van der Waals surface area contributed by atoms with Crippen molar-refractivity contribution in [3.63, 3.8) is 0 Å². The van der Waals surface area contributed by atoms with Crippen molar-refractivity contribution in [3.05, 3.63) is 47.5 Å². The fourth-order valence-electron chi connectivity index (χ4n) is 3.90. The summed E-state index contributed by atoms with van der Waals surface area (Å²) in [5.41, 5.74) is 2.06. The van der Waals surface area contributed by atoms with Crippen LogP contribution in [0.5, 0.6) is 0 Å². The van der Waals surface area contributed by atoms with E-state index in [1.807, 2.05) is 30.3 Å². The van der Waals surface area contributed by atoms with Crippen LogP contribution in [0.2, 0.25) is 0 Å². The van der Waals surface area contributed by atoms with E-state index < -0.39 is 12.2 Å². The summed E-state index contributed by atoms with van der Waals surface area (Å²) in [6.07, 6.45) is 4.60. The molecule has 1 saturated carbocycles. The Morgan fingerprint density at radius 2 is 2.06 bits per heavy atom. The molecule has 0 unspecified atom stereocenters. The second-order valence-electron chi connectivity index (χ2n) is 7.91. The first-order valence-corrected chi connectivity index (χ1v) is 11.9. The molecule has 2 rings (SSSR count). The molecule has 0 heterocycles. The summed E-state index contributed by atoms with van der Waals surface area (Å²) in [7, 11) is 3.03. The van der Waals surface area contributed by atoms with Crippen LogP contribution in [-0.2, 0) is 32.1 Å². The maximum atomic E-state index is 12.3. The summed E-state index contributed by atoms with van der Waals surface area (Å²) < 4.78 is 9.77. The molecule has 1 aliphatic rings. The Hall–Kier alpha value is -1.67. The van der Waals surface area contributed by atoms with E-state index in [-0.39, 0.29) is 30.0 Å². The summed E-state index contributed by atoms with van der Waals surface area (Å²) >= 11 is 1.70. The van der Waals surface area contributed by atoms with Gasteiger partial charge in [-0.15, -0.1) is 0 Å². The largest absolute Gasteiger partial charge is 0.469 e. The van der Waals surface area contributed by atoms with Crippen LogP contribution in [0.25, 0.3) is 0 Å². The molecule has 0 amide bonds. The smallest absolute Gasteiger partial charge is 0.305 e. The van der Waals surface area contributed by atoms with Gasteiger partial charge in [0.1, 0.15) is 5.78 Å². The van der Waals surface area contributed by atoms with Crippen LogP contribution in [0.4, 0.5) is 0 Å². The Bertz CT molecular complexity index is 735. The Kier molecular flexibility index (Phi) is 11.3. The second-order valence-corrected chi connectivity index (χ2v) is 9.14. The number of thioether (sulfide) groups is 1. The zero-order valence-electron chi connectivity index (χ0n) is 18.4. The SMILES string of the molecule is COCc1cccc(C[C@H](O)C=C[C@H]2[C@H](O)CC(=O)[C@@H]2CCSCCCC(=O)OC)c1. The highest BCUT2D eigenvalue weighted by Gasteiger charge is 2.39. The molecule has 7 heteroatoms. The molecule has 0 saturated heterocycles. The quantitative estimate of drug-likeness (QED) is 0.271. The van der Waals surface area contributed by atoms with E-state index >= 15 is 0 Å². The third kappa shape index (κ3) is 8.77. The van der Waals surface area contributed by atoms with Crippen LogP contribution in [0, 0.1) is 11.8 Å². The number of ketones is 1. The van der Waals surface area contributed by atoms with Crippen LogP contribution in [0.15, 0.2) is 36.4 Å². The number of rotatable bonds is 13. The Labute approximate surface area is 189 Å². The molecule has 31 heavy (non-hydrogen) atoms. The molecule has 6 nitrogen and oxygen atoms in total. The summed E-state index contributed by atoms with van der Waals surface area (Å²) in [6, 6.07) is 7.89. The number of hydrogen-bond donors (Lipinski definition) is 2. The monoisotopic (exact) mass is 450 g/mol. The maximum Gasteiger partial charge on any atom is 0.305 e. The van der Waals surface area contributed by atoms with Gasteiger partial charge in [-0.1, -0.05) is 36.4 Å². The standard InChI is InChI=1S/C24H34O6S/c1-29-16-18-6-3-5-17(13-18)14-19(25)8-9-20-21(23(27)15-22(20)26)10-12-31-11-4-7-24(28)30-2/h3,5-6,8-9,13,19-22,25-26H,4,7,10-12,14-16H2,1-2H3/t19-,20-,21-,22-/m1/s1. The van der Waals surface area contributed by atoms with E-state index in [9.17, 15) is 19.8 Å². The summed E-state index contributed by atoms with van der Waals surface area (Å²) in [4.78, 5) is 23.5. The number of hydrogen-bond acceptors (Lipinski definition) is 7. The average Bonchev–Trinajstić information content (AvgIpc) is 3.01. The first-order chi connectivity index (χ1) is 14.9. The normalized spacial score (nSPS) is 22.2. The highest BCUT2D eigenvalue weighted by molar-refractivity contribution is 7.99. The number of benzene rings is 1. The molecule has 172 valence electrons. The van der Waals surface area contributed by atoms with Crippen molar-refractivity contribution in [1.29, 1.82) is 0 Å². The molecule has 0 spiro atoms. The molecule has 0 aliphatic heterocycles. The first kappa shape index (κ1) is 25.6. The van der Waals surface area contributed by atoms with E-state index in [2.05, 4.69) is 4.74 Å². The Morgan fingerprint density at radius 1 is 1.29 bits per heavy atom. The molecule has 2 N–H and O–H groups in total. The molecule has 1 aliphatic carbocycles. The predicted molar refractivity (Wildman–Crippen MR) is 122 cm³/mol. The van der Waals surface area contributed by atoms with E-state index in [1.54, 1.807) is 24.9 Å². The van der Waals surface area contributed by atoms with Crippen molar-refractivity contribution in [3.8, 4) is 0 Å². The van der Waals surface area contributed by atoms with E-state index in [0.717, 1.165) is 29.1 Å². The topological polar surface area (TPSA) is 93.1 Å². The van der Waals surface area contributed by atoms with Gasteiger partial charge in [-0.2, -0.15) is 11.8 Å². The third-order valence-electron chi connectivity index (χ3n) is 5.51. The number of aliphatic hydroxyl groups excluding tert-OH is 2. The lowest BCUT2D eigenvalue weighted by Crippen LogP contribution is -2.20. The molecule has 4 atom stereocenters. The minimum atomic E-state index is -0.699. The van der Waals surface area contributed by atoms with Gasteiger partial charge in [-0.3, -0.25) is 9.59 Å².